The van der Waals surface area contributed by atoms with Gasteiger partial charge in [0, 0.05) is 11.4 Å². The molecule has 0 aliphatic carbocycles. The second-order valence-electron chi connectivity index (χ2n) is 4.38. The van der Waals surface area contributed by atoms with Gasteiger partial charge in [0.1, 0.15) is 16.9 Å². The molecule has 3 nitrogen and oxygen atoms in total. The molecular formula is C14H12BrNO2S. The molecule has 0 saturated heterocycles. The number of rotatable bonds is 1. The van der Waals surface area contributed by atoms with Crippen molar-refractivity contribution < 1.29 is 9.84 Å². The van der Waals surface area contributed by atoms with E-state index in [4.69, 9.17) is 4.74 Å². The number of hydrogen-bond acceptors (Lipinski definition) is 4. The standard InChI is InChI=1S/C14H12BrNO2S/c1-8-13(9-4-5-11(17)10(15)7-9)18-12-3-2-6-16-14(12)19-8/h2-8,13,17H,1H3/t8-,13-/m1/s1. The van der Waals surface area contributed by atoms with Gasteiger partial charge in [0.15, 0.2) is 5.75 Å². The molecule has 19 heavy (non-hydrogen) atoms. The zero-order valence-electron chi connectivity index (χ0n) is 10.2. The monoisotopic (exact) mass is 337 g/mol. The van der Waals surface area contributed by atoms with Gasteiger partial charge in [0.25, 0.3) is 0 Å². The summed E-state index contributed by atoms with van der Waals surface area (Å²) in [5.74, 6) is 1.06. The molecule has 98 valence electrons. The highest BCUT2D eigenvalue weighted by molar-refractivity contribution is 9.10. The lowest BCUT2D eigenvalue weighted by Gasteiger charge is -2.30. The fourth-order valence-corrected chi connectivity index (χ4v) is 3.50. The molecule has 1 aliphatic rings. The van der Waals surface area contributed by atoms with E-state index in [9.17, 15) is 5.11 Å². The molecule has 1 aromatic carbocycles. The van der Waals surface area contributed by atoms with Crippen LogP contribution in [0.25, 0.3) is 0 Å². The van der Waals surface area contributed by atoms with Crippen LogP contribution in [0.3, 0.4) is 0 Å². The Morgan fingerprint density at radius 3 is 3.00 bits per heavy atom. The third kappa shape index (κ3) is 2.44. The van der Waals surface area contributed by atoms with E-state index >= 15 is 0 Å². The number of pyridine rings is 1. The van der Waals surface area contributed by atoms with Crippen LogP contribution in [0.2, 0.25) is 0 Å². The zero-order chi connectivity index (χ0) is 13.4. The van der Waals surface area contributed by atoms with E-state index < -0.39 is 0 Å². The number of halogens is 1. The Balaban J connectivity index is 1.96. The highest BCUT2D eigenvalue weighted by Crippen LogP contribution is 2.44. The Kier molecular flexibility index (Phi) is 3.41. The summed E-state index contributed by atoms with van der Waals surface area (Å²) < 4.78 is 6.72. The smallest absolute Gasteiger partial charge is 0.152 e. The molecule has 0 radical (unpaired) electrons. The molecule has 0 bridgehead atoms. The second-order valence-corrected chi connectivity index (χ2v) is 6.60. The Morgan fingerprint density at radius 2 is 2.21 bits per heavy atom. The lowest BCUT2D eigenvalue weighted by Crippen LogP contribution is -2.22. The summed E-state index contributed by atoms with van der Waals surface area (Å²) in [7, 11) is 0. The van der Waals surface area contributed by atoms with Crippen LogP contribution in [0.1, 0.15) is 18.6 Å². The summed E-state index contributed by atoms with van der Waals surface area (Å²) in [6.07, 6.45) is 1.73. The first-order valence-corrected chi connectivity index (χ1v) is 7.59. The Bertz CT molecular complexity index is 620. The van der Waals surface area contributed by atoms with Gasteiger partial charge in [-0.15, -0.1) is 0 Å². The molecular weight excluding hydrogens is 326 g/mol. The molecule has 2 aromatic rings. The largest absolute Gasteiger partial charge is 0.507 e. The summed E-state index contributed by atoms with van der Waals surface area (Å²) in [6.45, 7) is 2.12. The predicted octanol–water partition coefficient (Wildman–Crippen LogP) is 4.16. The molecule has 5 heteroatoms. The van der Waals surface area contributed by atoms with Crippen LogP contribution in [-0.4, -0.2) is 15.3 Å². The summed E-state index contributed by atoms with van der Waals surface area (Å²) in [5.41, 5.74) is 1.04. The molecule has 2 heterocycles. The number of phenolic OH excluding ortho intramolecular Hbond substituents is 1. The van der Waals surface area contributed by atoms with Crippen LogP contribution in [0.4, 0.5) is 0 Å². The second kappa shape index (κ2) is 5.06. The van der Waals surface area contributed by atoms with E-state index in [2.05, 4.69) is 27.8 Å². The molecule has 1 N–H and O–H groups in total. The molecule has 0 fully saturated rings. The number of benzene rings is 1. The Labute approximate surface area is 124 Å². The first-order valence-electron chi connectivity index (χ1n) is 5.92. The Hall–Kier alpha value is -1.20. The van der Waals surface area contributed by atoms with E-state index in [0.717, 1.165) is 16.3 Å². The minimum atomic E-state index is -0.0430. The predicted molar refractivity (Wildman–Crippen MR) is 78.7 cm³/mol. The van der Waals surface area contributed by atoms with E-state index in [1.165, 1.54) is 0 Å². The van der Waals surface area contributed by atoms with Crippen molar-refractivity contribution >= 4 is 27.7 Å². The van der Waals surface area contributed by atoms with Crippen molar-refractivity contribution in [2.24, 2.45) is 0 Å². The van der Waals surface area contributed by atoms with Crippen LogP contribution in [0, 0.1) is 0 Å². The van der Waals surface area contributed by atoms with Crippen molar-refractivity contribution in [1.29, 1.82) is 0 Å². The minimum absolute atomic E-state index is 0.0430. The minimum Gasteiger partial charge on any atom is -0.507 e. The zero-order valence-corrected chi connectivity index (χ0v) is 12.6. The third-order valence-corrected chi connectivity index (χ3v) is 4.80. The molecule has 3 rings (SSSR count). The normalized spacial score (nSPS) is 21.6. The lowest BCUT2D eigenvalue weighted by molar-refractivity contribution is 0.193. The highest BCUT2D eigenvalue weighted by atomic mass is 79.9. The number of phenols is 1. The SMILES string of the molecule is C[C@H]1Sc2ncccc2O[C@H]1c1ccc(O)c(Br)c1. The lowest BCUT2D eigenvalue weighted by atomic mass is 10.1. The summed E-state index contributed by atoms with van der Waals surface area (Å²) in [4.78, 5) is 4.32. The van der Waals surface area contributed by atoms with Gasteiger partial charge in [0.05, 0.1) is 4.47 Å². The maximum atomic E-state index is 9.56. The quantitative estimate of drug-likeness (QED) is 0.848. The van der Waals surface area contributed by atoms with Crippen molar-refractivity contribution in [2.75, 3.05) is 0 Å². The van der Waals surface area contributed by atoms with E-state index in [1.54, 1.807) is 24.0 Å². The molecule has 1 aliphatic heterocycles. The topological polar surface area (TPSA) is 42.4 Å². The van der Waals surface area contributed by atoms with Gasteiger partial charge in [-0.3, -0.25) is 0 Å². The molecule has 0 amide bonds. The van der Waals surface area contributed by atoms with Crippen molar-refractivity contribution in [1.82, 2.24) is 4.98 Å². The maximum absolute atomic E-state index is 9.56. The van der Waals surface area contributed by atoms with Gasteiger partial charge in [-0.1, -0.05) is 17.8 Å². The van der Waals surface area contributed by atoms with Gasteiger partial charge < -0.3 is 9.84 Å². The van der Waals surface area contributed by atoms with Crippen LogP contribution in [0.15, 0.2) is 46.0 Å². The number of thioether (sulfide) groups is 1. The molecule has 2 atom stereocenters. The number of nitrogens with zero attached hydrogens (tertiary/aromatic N) is 1. The number of ether oxygens (including phenoxy) is 1. The van der Waals surface area contributed by atoms with Crippen molar-refractivity contribution in [3.8, 4) is 11.5 Å². The van der Waals surface area contributed by atoms with Crippen LogP contribution < -0.4 is 4.74 Å². The molecule has 1 aromatic heterocycles. The van der Waals surface area contributed by atoms with Gasteiger partial charge in [-0.25, -0.2) is 4.98 Å². The van der Waals surface area contributed by atoms with Crippen molar-refractivity contribution in [3.05, 3.63) is 46.6 Å². The van der Waals surface area contributed by atoms with Gasteiger partial charge in [-0.2, -0.15) is 0 Å². The van der Waals surface area contributed by atoms with E-state index in [-0.39, 0.29) is 17.1 Å². The van der Waals surface area contributed by atoms with Crippen LogP contribution in [-0.2, 0) is 0 Å². The summed E-state index contributed by atoms with van der Waals surface area (Å²) in [5, 5.41) is 10.8. The fraction of sp³-hybridized carbons (Fsp3) is 0.214. The van der Waals surface area contributed by atoms with Crippen molar-refractivity contribution in [3.63, 3.8) is 0 Å². The Morgan fingerprint density at radius 1 is 1.37 bits per heavy atom. The first kappa shape index (κ1) is 12.8. The number of aromatic hydroxyl groups is 1. The molecule has 0 saturated carbocycles. The van der Waals surface area contributed by atoms with Gasteiger partial charge >= 0.3 is 0 Å². The number of hydrogen-bond donors (Lipinski definition) is 1. The molecule has 0 unspecified atom stereocenters. The average Bonchev–Trinajstić information content (AvgIpc) is 2.41. The van der Waals surface area contributed by atoms with Crippen molar-refractivity contribution in [2.45, 2.75) is 23.3 Å². The van der Waals surface area contributed by atoms with Crippen LogP contribution in [0.5, 0.6) is 11.5 Å². The van der Waals surface area contributed by atoms with Gasteiger partial charge in [0.2, 0.25) is 0 Å². The maximum Gasteiger partial charge on any atom is 0.152 e. The highest BCUT2D eigenvalue weighted by Gasteiger charge is 2.29. The average molecular weight is 338 g/mol. The summed E-state index contributed by atoms with van der Waals surface area (Å²) in [6, 6.07) is 9.28. The fourth-order valence-electron chi connectivity index (χ4n) is 2.06. The summed E-state index contributed by atoms with van der Waals surface area (Å²) >= 11 is 5.05. The number of aromatic nitrogens is 1. The first-order chi connectivity index (χ1) is 9.15. The third-order valence-electron chi connectivity index (χ3n) is 3.01. The van der Waals surface area contributed by atoms with Gasteiger partial charge in [-0.05, 0) is 52.7 Å². The molecule has 0 spiro atoms. The number of fused-ring (bicyclic) bond motifs is 1. The van der Waals surface area contributed by atoms with E-state index in [0.29, 0.717) is 4.47 Å². The van der Waals surface area contributed by atoms with Crippen LogP contribution >= 0.6 is 27.7 Å². The van der Waals surface area contributed by atoms with E-state index in [1.807, 2.05) is 24.3 Å².